The molecule has 102 valence electrons. The van der Waals surface area contributed by atoms with Crippen LogP contribution in [-0.4, -0.2) is 12.6 Å². The zero-order chi connectivity index (χ0) is 13.8. The number of hydrogen-bond donors (Lipinski definition) is 1. The topological polar surface area (TPSA) is 21.3 Å². The second-order valence-corrected chi connectivity index (χ2v) is 5.18. The summed E-state index contributed by atoms with van der Waals surface area (Å²) in [5.74, 6) is 1.02. The van der Waals surface area contributed by atoms with E-state index in [0.717, 1.165) is 5.75 Å². The summed E-state index contributed by atoms with van der Waals surface area (Å²) in [5.41, 5.74) is 1.23. The van der Waals surface area contributed by atoms with Crippen molar-refractivity contribution < 1.29 is 4.74 Å². The summed E-state index contributed by atoms with van der Waals surface area (Å²) in [6, 6.07) is 13.5. The first kappa shape index (κ1) is 13.9. The van der Waals surface area contributed by atoms with Crippen molar-refractivity contribution >= 4 is 10.8 Å². The molecule has 2 nitrogen and oxygen atoms in total. The maximum atomic E-state index is 5.91. The van der Waals surface area contributed by atoms with Crippen molar-refractivity contribution in [1.29, 1.82) is 0 Å². The Morgan fingerprint density at radius 1 is 1.05 bits per heavy atom. The van der Waals surface area contributed by atoms with Crippen LogP contribution in [0.15, 0.2) is 36.4 Å². The number of benzene rings is 2. The van der Waals surface area contributed by atoms with Crippen LogP contribution in [0.2, 0.25) is 0 Å². The van der Waals surface area contributed by atoms with Crippen LogP contribution in [0.25, 0.3) is 10.8 Å². The molecular formula is C17H23NO. The van der Waals surface area contributed by atoms with E-state index in [9.17, 15) is 0 Å². The van der Waals surface area contributed by atoms with Crippen LogP contribution in [0.1, 0.15) is 39.3 Å². The van der Waals surface area contributed by atoms with E-state index in [1.807, 2.05) is 6.92 Å². The molecule has 2 aromatic rings. The lowest BCUT2D eigenvalue weighted by molar-refractivity contribution is 0.335. The van der Waals surface area contributed by atoms with Crippen LogP contribution >= 0.6 is 0 Å². The number of fused-ring (bicyclic) bond motifs is 1. The van der Waals surface area contributed by atoms with Gasteiger partial charge >= 0.3 is 0 Å². The molecule has 2 rings (SSSR count). The van der Waals surface area contributed by atoms with Crippen molar-refractivity contribution in [3.05, 3.63) is 42.0 Å². The Balaban J connectivity index is 2.50. The Kier molecular flexibility index (Phi) is 4.43. The Labute approximate surface area is 115 Å². The molecule has 0 saturated heterocycles. The van der Waals surface area contributed by atoms with E-state index in [4.69, 9.17) is 4.74 Å². The molecule has 0 amide bonds. The summed E-state index contributed by atoms with van der Waals surface area (Å²) in [6.45, 7) is 9.24. The molecule has 0 aliphatic rings. The van der Waals surface area contributed by atoms with Crippen molar-refractivity contribution in [3.63, 3.8) is 0 Å². The first-order valence-corrected chi connectivity index (χ1v) is 7.04. The van der Waals surface area contributed by atoms with Crippen molar-refractivity contribution in [1.82, 2.24) is 5.32 Å². The lowest BCUT2D eigenvalue weighted by atomic mass is 10.0. The van der Waals surface area contributed by atoms with Crippen molar-refractivity contribution in [2.45, 2.75) is 39.8 Å². The van der Waals surface area contributed by atoms with Gasteiger partial charge in [-0.2, -0.15) is 0 Å². The molecule has 1 N–H and O–H groups in total. The van der Waals surface area contributed by atoms with E-state index >= 15 is 0 Å². The highest BCUT2D eigenvalue weighted by molar-refractivity contribution is 5.89. The zero-order valence-corrected chi connectivity index (χ0v) is 12.2. The Bertz CT molecular complexity index is 548. The minimum absolute atomic E-state index is 0.283. The van der Waals surface area contributed by atoms with Crippen LogP contribution in [0, 0.1) is 0 Å². The number of rotatable bonds is 5. The van der Waals surface area contributed by atoms with Crippen molar-refractivity contribution in [2.24, 2.45) is 0 Å². The van der Waals surface area contributed by atoms with Gasteiger partial charge in [-0.05, 0) is 19.2 Å². The van der Waals surface area contributed by atoms with Crippen LogP contribution in [-0.2, 0) is 0 Å². The average Bonchev–Trinajstić information content (AvgIpc) is 2.38. The fourth-order valence-electron chi connectivity index (χ4n) is 2.50. The van der Waals surface area contributed by atoms with Gasteiger partial charge in [-0.1, -0.05) is 50.2 Å². The second kappa shape index (κ2) is 6.07. The van der Waals surface area contributed by atoms with Gasteiger partial charge in [0.05, 0.1) is 6.61 Å². The van der Waals surface area contributed by atoms with E-state index in [1.54, 1.807) is 0 Å². The van der Waals surface area contributed by atoms with Crippen LogP contribution < -0.4 is 10.1 Å². The van der Waals surface area contributed by atoms with Gasteiger partial charge in [-0.25, -0.2) is 0 Å². The summed E-state index contributed by atoms with van der Waals surface area (Å²) in [7, 11) is 0. The Hall–Kier alpha value is -1.54. The van der Waals surface area contributed by atoms with Gasteiger partial charge in [0.25, 0.3) is 0 Å². The highest BCUT2D eigenvalue weighted by Crippen LogP contribution is 2.33. The largest absolute Gasteiger partial charge is 0.493 e. The first-order chi connectivity index (χ1) is 9.13. The highest BCUT2D eigenvalue weighted by Gasteiger charge is 2.15. The molecule has 2 heteroatoms. The molecule has 0 radical (unpaired) electrons. The Morgan fingerprint density at radius 3 is 2.47 bits per heavy atom. The highest BCUT2D eigenvalue weighted by atomic mass is 16.5. The third-order valence-electron chi connectivity index (χ3n) is 3.25. The molecule has 1 unspecified atom stereocenters. The summed E-state index contributed by atoms with van der Waals surface area (Å²) in [5, 5.41) is 5.96. The van der Waals surface area contributed by atoms with E-state index in [-0.39, 0.29) is 6.04 Å². The summed E-state index contributed by atoms with van der Waals surface area (Å²) in [4.78, 5) is 0. The lowest BCUT2D eigenvalue weighted by Crippen LogP contribution is -2.26. The fourth-order valence-corrected chi connectivity index (χ4v) is 2.50. The predicted molar refractivity (Wildman–Crippen MR) is 81.8 cm³/mol. The van der Waals surface area contributed by atoms with Crippen LogP contribution in [0.4, 0.5) is 0 Å². The third kappa shape index (κ3) is 3.07. The van der Waals surface area contributed by atoms with E-state index < -0.39 is 0 Å². The molecule has 1 atom stereocenters. The molecule has 0 aliphatic carbocycles. The smallest absolute Gasteiger partial charge is 0.131 e. The monoisotopic (exact) mass is 257 g/mol. The quantitative estimate of drug-likeness (QED) is 0.862. The Morgan fingerprint density at radius 2 is 1.79 bits per heavy atom. The SMILES string of the molecule is CCOc1c(C(C)NC(C)C)ccc2ccccc12. The van der Waals surface area contributed by atoms with Crippen LogP contribution in [0.3, 0.4) is 0 Å². The summed E-state index contributed by atoms with van der Waals surface area (Å²) < 4.78 is 5.91. The van der Waals surface area contributed by atoms with Gasteiger partial charge in [-0.3, -0.25) is 0 Å². The molecule has 0 spiro atoms. The first-order valence-electron chi connectivity index (χ1n) is 7.04. The average molecular weight is 257 g/mol. The summed E-state index contributed by atoms with van der Waals surface area (Å²) in [6.07, 6.45) is 0. The molecule has 19 heavy (non-hydrogen) atoms. The van der Waals surface area contributed by atoms with Gasteiger partial charge in [0.2, 0.25) is 0 Å². The normalized spacial score (nSPS) is 12.9. The predicted octanol–water partition coefficient (Wildman–Crippen LogP) is 4.30. The van der Waals surface area contributed by atoms with Gasteiger partial charge in [0, 0.05) is 23.0 Å². The molecule has 0 saturated carbocycles. The molecular weight excluding hydrogens is 234 g/mol. The maximum absolute atomic E-state index is 5.91. The lowest BCUT2D eigenvalue weighted by Gasteiger charge is -2.21. The van der Waals surface area contributed by atoms with E-state index in [0.29, 0.717) is 12.6 Å². The zero-order valence-electron chi connectivity index (χ0n) is 12.2. The van der Waals surface area contributed by atoms with E-state index in [2.05, 4.69) is 62.5 Å². The molecule has 0 heterocycles. The third-order valence-corrected chi connectivity index (χ3v) is 3.25. The maximum Gasteiger partial charge on any atom is 0.131 e. The van der Waals surface area contributed by atoms with Gasteiger partial charge in [-0.15, -0.1) is 0 Å². The van der Waals surface area contributed by atoms with E-state index in [1.165, 1.54) is 16.3 Å². The summed E-state index contributed by atoms with van der Waals surface area (Å²) >= 11 is 0. The molecule has 0 fully saturated rings. The van der Waals surface area contributed by atoms with Crippen molar-refractivity contribution in [2.75, 3.05) is 6.61 Å². The van der Waals surface area contributed by atoms with Gasteiger partial charge < -0.3 is 10.1 Å². The van der Waals surface area contributed by atoms with Gasteiger partial charge in [0.15, 0.2) is 0 Å². The molecule has 2 aromatic carbocycles. The van der Waals surface area contributed by atoms with Gasteiger partial charge in [0.1, 0.15) is 5.75 Å². The minimum atomic E-state index is 0.283. The number of nitrogens with one attached hydrogen (secondary N) is 1. The molecule has 0 bridgehead atoms. The minimum Gasteiger partial charge on any atom is -0.493 e. The molecule has 0 aromatic heterocycles. The van der Waals surface area contributed by atoms with Crippen molar-refractivity contribution in [3.8, 4) is 5.75 Å². The second-order valence-electron chi connectivity index (χ2n) is 5.18. The fraction of sp³-hybridized carbons (Fsp3) is 0.412. The standard InChI is InChI=1S/C17H23NO/c1-5-19-17-15(13(4)18-12(2)3)11-10-14-8-6-7-9-16(14)17/h6-13,18H,5H2,1-4H3. The molecule has 0 aliphatic heterocycles. The number of ether oxygens (including phenoxy) is 1. The number of hydrogen-bond acceptors (Lipinski definition) is 2. The van der Waals surface area contributed by atoms with Crippen LogP contribution in [0.5, 0.6) is 5.75 Å².